The molecule has 2 aromatic rings. The highest BCUT2D eigenvalue weighted by molar-refractivity contribution is 5.87. The Bertz CT molecular complexity index is 526. The Labute approximate surface area is 94.3 Å². The molecule has 2 rings (SSSR count). The normalized spacial score (nSPS) is 11.2. The maximum Gasteiger partial charge on any atom is 0.307 e. The van der Waals surface area contributed by atoms with E-state index >= 15 is 0 Å². The van der Waals surface area contributed by atoms with E-state index in [1.807, 2.05) is 30.5 Å². The summed E-state index contributed by atoms with van der Waals surface area (Å²) in [5.74, 6) is -0.786. The molecule has 0 amide bonds. The molecule has 1 N–H and O–H groups in total. The SMILES string of the molecule is CC(C)n1cc(CC(=O)O)c2ccccc21. The molecule has 0 unspecified atom stereocenters. The standard InChI is InChI=1S/C13H15NO2/c1-9(2)14-8-10(7-13(15)16)11-5-3-4-6-12(11)14/h3-6,8-9H,7H2,1-2H3,(H,15,16). The topological polar surface area (TPSA) is 42.2 Å². The highest BCUT2D eigenvalue weighted by atomic mass is 16.4. The fourth-order valence-electron chi connectivity index (χ4n) is 2.01. The molecular weight excluding hydrogens is 202 g/mol. The monoisotopic (exact) mass is 217 g/mol. The van der Waals surface area contributed by atoms with Crippen LogP contribution in [-0.2, 0) is 11.2 Å². The highest BCUT2D eigenvalue weighted by Crippen LogP contribution is 2.24. The smallest absolute Gasteiger partial charge is 0.307 e. The molecule has 0 spiro atoms. The molecule has 0 atom stereocenters. The van der Waals surface area contributed by atoms with E-state index in [4.69, 9.17) is 5.11 Å². The molecule has 0 radical (unpaired) electrons. The van der Waals surface area contributed by atoms with Crippen molar-refractivity contribution in [1.29, 1.82) is 0 Å². The van der Waals surface area contributed by atoms with Crippen molar-refractivity contribution in [2.45, 2.75) is 26.3 Å². The molecule has 0 aliphatic carbocycles. The molecule has 3 heteroatoms. The van der Waals surface area contributed by atoms with Crippen LogP contribution >= 0.6 is 0 Å². The minimum atomic E-state index is -0.786. The number of carboxylic acids is 1. The average molecular weight is 217 g/mol. The van der Waals surface area contributed by atoms with Crippen LogP contribution in [0, 0.1) is 0 Å². The van der Waals surface area contributed by atoms with Gasteiger partial charge in [-0.25, -0.2) is 0 Å². The number of carboxylic acid groups (broad SMARTS) is 1. The first-order chi connectivity index (χ1) is 7.59. The summed E-state index contributed by atoms with van der Waals surface area (Å²) >= 11 is 0. The van der Waals surface area contributed by atoms with Crippen LogP contribution in [0.25, 0.3) is 10.9 Å². The van der Waals surface area contributed by atoms with E-state index in [0.717, 1.165) is 16.5 Å². The zero-order valence-electron chi connectivity index (χ0n) is 9.47. The maximum absolute atomic E-state index is 10.8. The molecule has 0 saturated heterocycles. The molecule has 0 aliphatic rings. The fourth-order valence-corrected chi connectivity index (χ4v) is 2.01. The number of carbonyl (C=O) groups is 1. The quantitative estimate of drug-likeness (QED) is 0.859. The van der Waals surface area contributed by atoms with E-state index in [-0.39, 0.29) is 6.42 Å². The van der Waals surface area contributed by atoms with E-state index in [1.165, 1.54) is 0 Å². The van der Waals surface area contributed by atoms with Crippen LogP contribution < -0.4 is 0 Å². The van der Waals surface area contributed by atoms with Crippen molar-refractivity contribution in [3.63, 3.8) is 0 Å². The minimum Gasteiger partial charge on any atom is -0.481 e. The van der Waals surface area contributed by atoms with Gasteiger partial charge in [-0.1, -0.05) is 18.2 Å². The van der Waals surface area contributed by atoms with Gasteiger partial charge >= 0.3 is 5.97 Å². The molecular formula is C13H15NO2. The molecule has 84 valence electrons. The summed E-state index contributed by atoms with van der Waals surface area (Å²) in [7, 11) is 0. The van der Waals surface area contributed by atoms with Crippen molar-refractivity contribution in [3.05, 3.63) is 36.0 Å². The Morgan fingerprint density at radius 1 is 1.38 bits per heavy atom. The third kappa shape index (κ3) is 1.81. The second-order valence-electron chi connectivity index (χ2n) is 4.24. The Morgan fingerprint density at radius 3 is 2.69 bits per heavy atom. The van der Waals surface area contributed by atoms with E-state index in [0.29, 0.717) is 6.04 Å². The lowest BCUT2D eigenvalue weighted by Crippen LogP contribution is -2.00. The maximum atomic E-state index is 10.8. The summed E-state index contributed by atoms with van der Waals surface area (Å²) in [6, 6.07) is 8.27. The number of fused-ring (bicyclic) bond motifs is 1. The van der Waals surface area contributed by atoms with Gasteiger partial charge in [0.25, 0.3) is 0 Å². The Kier molecular flexibility index (Phi) is 2.69. The van der Waals surface area contributed by atoms with Crippen molar-refractivity contribution in [1.82, 2.24) is 4.57 Å². The predicted octanol–water partition coefficient (Wildman–Crippen LogP) is 2.85. The molecule has 0 aliphatic heterocycles. The van der Waals surface area contributed by atoms with Gasteiger partial charge in [0.1, 0.15) is 0 Å². The number of aliphatic carboxylic acids is 1. The number of hydrogen-bond donors (Lipinski definition) is 1. The number of rotatable bonds is 3. The number of aromatic nitrogens is 1. The summed E-state index contributed by atoms with van der Waals surface area (Å²) in [6.07, 6.45) is 2.03. The summed E-state index contributed by atoms with van der Waals surface area (Å²) in [5.41, 5.74) is 1.99. The number of para-hydroxylation sites is 1. The lowest BCUT2D eigenvalue weighted by Gasteiger charge is -2.08. The average Bonchev–Trinajstić information content (AvgIpc) is 2.57. The third-order valence-corrected chi connectivity index (χ3v) is 2.72. The first kappa shape index (κ1) is 10.7. The van der Waals surface area contributed by atoms with Gasteiger partial charge in [0, 0.05) is 23.1 Å². The van der Waals surface area contributed by atoms with Gasteiger partial charge in [0.15, 0.2) is 0 Å². The number of nitrogens with zero attached hydrogens (tertiary/aromatic N) is 1. The molecule has 0 saturated carbocycles. The van der Waals surface area contributed by atoms with E-state index in [1.54, 1.807) is 0 Å². The Morgan fingerprint density at radius 2 is 2.06 bits per heavy atom. The summed E-state index contributed by atoms with van der Waals surface area (Å²) in [4.78, 5) is 10.8. The predicted molar refractivity (Wildman–Crippen MR) is 63.7 cm³/mol. The molecule has 1 aromatic heterocycles. The molecule has 0 fully saturated rings. The van der Waals surface area contributed by atoms with Crippen LogP contribution in [0.2, 0.25) is 0 Å². The van der Waals surface area contributed by atoms with Gasteiger partial charge in [-0.3, -0.25) is 4.79 Å². The van der Waals surface area contributed by atoms with Crippen LogP contribution in [0.5, 0.6) is 0 Å². The minimum absolute atomic E-state index is 0.0836. The van der Waals surface area contributed by atoms with Crippen molar-refractivity contribution in [2.24, 2.45) is 0 Å². The number of benzene rings is 1. The summed E-state index contributed by atoms with van der Waals surface area (Å²) in [6.45, 7) is 4.19. The molecule has 1 heterocycles. The van der Waals surface area contributed by atoms with Gasteiger partial charge in [-0.05, 0) is 25.5 Å². The zero-order valence-corrected chi connectivity index (χ0v) is 9.47. The summed E-state index contributed by atoms with van der Waals surface area (Å²) < 4.78 is 2.12. The van der Waals surface area contributed by atoms with Crippen LogP contribution in [0.3, 0.4) is 0 Å². The fraction of sp³-hybridized carbons (Fsp3) is 0.308. The first-order valence-corrected chi connectivity index (χ1v) is 5.40. The van der Waals surface area contributed by atoms with Crippen molar-refractivity contribution < 1.29 is 9.90 Å². The second-order valence-corrected chi connectivity index (χ2v) is 4.24. The van der Waals surface area contributed by atoms with Gasteiger partial charge in [0.05, 0.1) is 6.42 Å². The first-order valence-electron chi connectivity index (χ1n) is 5.40. The van der Waals surface area contributed by atoms with Crippen molar-refractivity contribution in [2.75, 3.05) is 0 Å². The Balaban J connectivity index is 2.62. The van der Waals surface area contributed by atoms with Gasteiger partial charge in [-0.15, -0.1) is 0 Å². The van der Waals surface area contributed by atoms with Gasteiger partial charge in [-0.2, -0.15) is 0 Å². The van der Waals surface area contributed by atoms with Crippen LogP contribution in [0.4, 0.5) is 0 Å². The highest BCUT2D eigenvalue weighted by Gasteiger charge is 2.11. The molecule has 3 nitrogen and oxygen atoms in total. The van der Waals surface area contributed by atoms with E-state index < -0.39 is 5.97 Å². The van der Waals surface area contributed by atoms with Crippen LogP contribution in [0.15, 0.2) is 30.5 Å². The van der Waals surface area contributed by atoms with Crippen molar-refractivity contribution in [3.8, 4) is 0 Å². The lowest BCUT2D eigenvalue weighted by molar-refractivity contribution is -0.136. The van der Waals surface area contributed by atoms with Gasteiger partial charge < -0.3 is 9.67 Å². The van der Waals surface area contributed by atoms with Crippen LogP contribution in [-0.4, -0.2) is 15.6 Å². The van der Waals surface area contributed by atoms with Crippen molar-refractivity contribution >= 4 is 16.9 Å². The number of hydrogen-bond acceptors (Lipinski definition) is 1. The second kappa shape index (κ2) is 4.00. The Hall–Kier alpha value is -1.77. The molecule has 1 aromatic carbocycles. The largest absolute Gasteiger partial charge is 0.481 e. The zero-order chi connectivity index (χ0) is 11.7. The van der Waals surface area contributed by atoms with Gasteiger partial charge in [0.2, 0.25) is 0 Å². The lowest BCUT2D eigenvalue weighted by atomic mass is 10.1. The molecule has 0 bridgehead atoms. The van der Waals surface area contributed by atoms with E-state index in [9.17, 15) is 4.79 Å². The summed E-state index contributed by atoms with van der Waals surface area (Å²) in [5, 5.41) is 9.91. The third-order valence-electron chi connectivity index (χ3n) is 2.72. The van der Waals surface area contributed by atoms with E-state index in [2.05, 4.69) is 18.4 Å². The van der Waals surface area contributed by atoms with Crippen LogP contribution in [0.1, 0.15) is 25.5 Å². The molecule has 16 heavy (non-hydrogen) atoms.